The molecule has 1 heterocycles. The average Bonchev–Trinajstić information content (AvgIpc) is 3.09. The number of benzene rings is 2. The summed E-state index contributed by atoms with van der Waals surface area (Å²) in [5.74, 6) is 0.578. The molecule has 0 fully saturated rings. The van der Waals surface area contributed by atoms with Gasteiger partial charge in [-0.05, 0) is 43.0 Å². The Balaban J connectivity index is 1.69. The molecule has 8 heteroatoms. The van der Waals surface area contributed by atoms with E-state index in [0.29, 0.717) is 13.0 Å². The van der Waals surface area contributed by atoms with Crippen LogP contribution in [0.25, 0.3) is 11.0 Å². The van der Waals surface area contributed by atoms with E-state index in [0.717, 1.165) is 33.9 Å². The van der Waals surface area contributed by atoms with Gasteiger partial charge in [0.15, 0.2) is 0 Å². The van der Waals surface area contributed by atoms with Crippen LogP contribution in [0.1, 0.15) is 12.2 Å². The van der Waals surface area contributed by atoms with E-state index in [4.69, 9.17) is 9.72 Å². The second kappa shape index (κ2) is 10.8. The number of thioether (sulfide) groups is 1. The summed E-state index contributed by atoms with van der Waals surface area (Å²) in [6.07, 6.45) is 3.37. The maximum atomic E-state index is 12.7. The highest BCUT2D eigenvalue weighted by molar-refractivity contribution is 7.98. The summed E-state index contributed by atoms with van der Waals surface area (Å²) in [5.41, 5.74) is 2.55. The zero-order valence-electron chi connectivity index (χ0n) is 17.2. The molecule has 0 aliphatic rings. The van der Waals surface area contributed by atoms with Crippen LogP contribution < -0.4 is 10.6 Å². The number of fused-ring (bicyclic) bond motifs is 1. The number of methoxy groups -OCH3 is 1. The molecule has 0 unspecified atom stereocenters. The molecule has 0 radical (unpaired) electrons. The number of imidazole rings is 1. The van der Waals surface area contributed by atoms with Crippen molar-refractivity contribution in [3.05, 3.63) is 54.4 Å². The Morgan fingerprint density at radius 3 is 2.77 bits per heavy atom. The summed E-state index contributed by atoms with van der Waals surface area (Å²) in [4.78, 5) is 30.0. The van der Waals surface area contributed by atoms with E-state index in [-0.39, 0.29) is 25.0 Å². The van der Waals surface area contributed by atoms with Gasteiger partial charge in [-0.15, -0.1) is 11.8 Å². The second-order valence-electron chi connectivity index (χ2n) is 6.77. The van der Waals surface area contributed by atoms with Crippen molar-refractivity contribution in [1.29, 1.82) is 0 Å². The number of aromatic nitrogens is 2. The third-order valence-electron chi connectivity index (χ3n) is 4.56. The number of hydrogen-bond donors (Lipinski definition) is 2. The highest BCUT2D eigenvalue weighted by Crippen LogP contribution is 2.20. The Labute approximate surface area is 180 Å². The molecule has 0 bridgehead atoms. The van der Waals surface area contributed by atoms with E-state index in [1.54, 1.807) is 11.8 Å². The number of para-hydroxylation sites is 2. The molecule has 3 rings (SSSR count). The van der Waals surface area contributed by atoms with Crippen molar-refractivity contribution in [1.82, 2.24) is 14.9 Å². The van der Waals surface area contributed by atoms with E-state index in [1.807, 2.05) is 59.4 Å². The van der Waals surface area contributed by atoms with Crippen LogP contribution in [0.15, 0.2) is 53.4 Å². The maximum absolute atomic E-state index is 12.7. The van der Waals surface area contributed by atoms with Gasteiger partial charge in [-0.3, -0.25) is 9.59 Å². The molecule has 158 valence electrons. The first-order valence-corrected chi connectivity index (χ1v) is 11.0. The van der Waals surface area contributed by atoms with Crippen LogP contribution in [0.2, 0.25) is 0 Å². The Hall–Kier alpha value is -2.84. The predicted octanol–water partition coefficient (Wildman–Crippen LogP) is 3.09. The van der Waals surface area contributed by atoms with Crippen LogP contribution in [0.4, 0.5) is 5.69 Å². The number of hydrogen-bond acceptors (Lipinski definition) is 5. The van der Waals surface area contributed by atoms with Gasteiger partial charge in [0.05, 0.1) is 11.0 Å². The van der Waals surface area contributed by atoms with Crippen molar-refractivity contribution < 1.29 is 14.3 Å². The molecule has 0 aliphatic heterocycles. The van der Waals surface area contributed by atoms with Gasteiger partial charge in [-0.2, -0.15) is 0 Å². The first-order valence-electron chi connectivity index (χ1n) is 9.74. The van der Waals surface area contributed by atoms with Gasteiger partial charge in [-0.1, -0.05) is 18.2 Å². The van der Waals surface area contributed by atoms with Crippen molar-refractivity contribution in [2.24, 2.45) is 0 Å². The number of amides is 2. The largest absolute Gasteiger partial charge is 0.375 e. The lowest BCUT2D eigenvalue weighted by Gasteiger charge is -2.11. The number of rotatable bonds is 10. The molecule has 0 aliphatic carbocycles. The summed E-state index contributed by atoms with van der Waals surface area (Å²) in [6, 6.07) is 15.6. The third kappa shape index (κ3) is 5.84. The molecule has 30 heavy (non-hydrogen) atoms. The molecular formula is C22H26N4O3S. The maximum Gasteiger partial charge on any atom is 0.245 e. The number of nitrogens with zero attached hydrogens (tertiary/aromatic N) is 2. The normalized spacial score (nSPS) is 10.9. The minimum atomic E-state index is -0.141. The topological polar surface area (TPSA) is 85.2 Å². The minimum Gasteiger partial charge on any atom is -0.375 e. The van der Waals surface area contributed by atoms with E-state index < -0.39 is 0 Å². The molecule has 2 aromatic carbocycles. The molecule has 0 spiro atoms. The van der Waals surface area contributed by atoms with Gasteiger partial charge in [-0.25, -0.2) is 4.98 Å². The zero-order valence-corrected chi connectivity index (χ0v) is 18.0. The van der Waals surface area contributed by atoms with Gasteiger partial charge >= 0.3 is 0 Å². The van der Waals surface area contributed by atoms with Gasteiger partial charge < -0.3 is 19.9 Å². The number of ether oxygens (including phenoxy) is 1. The van der Waals surface area contributed by atoms with E-state index in [9.17, 15) is 9.59 Å². The Morgan fingerprint density at radius 1 is 1.13 bits per heavy atom. The lowest BCUT2D eigenvalue weighted by Crippen LogP contribution is -2.28. The zero-order chi connectivity index (χ0) is 21.3. The first kappa shape index (κ1) is 21.9. The Kier molecular flexibility index (Phi) is 7.87. The molecule has 2 N–H and O–H groups in total. The number of carbonyl (C=O) groups excluding carboxylic acids is 2. The summed E-state index contributed by atoms with van der Waals surface area (Å²) in [5, 5.41) is 5.78. The van der Waals surface area contributed by atoms with E-state index in [2.05, 4.69) is 10.6 Å². The fourth-order valence-electron chi connectivity index (χ4n) is 3.19. The van der Waals surface area contributed by atoms with Gasteiger partial charge in [0.1, 0.15) is 19.0 Å². The standard InChI is InChI=1S/C22H26N4O3S/c1-29-15-22(28)23-12-6-11-20-25-18-9-3-4-10-19(18)26(20)14-21(27)24-16-7-5-8-17(13-16)30-2/h3-5,7-10,13H,6,11-12,14-15H2,1-2H3,(H,23,28)(H,24,27). The molecule has 0 saturated carbocycles. The van der Waals surface area contributed by atoms with Crippen molar-refractivity contribution in [3.8, 4) is 0 Å². The van der Waals surface area contributed by atoms with E-state index >= 15 is 0 Å². The molecule has 1 aromatic heterocycles. The fourth-order valence-corrected chi connectivity index (χ4v) is 3.65. The number of anilines is 1. The Bertz CT molecular complexity index is 1020. The SMILES string of the molecule is COCC(=O)NCCCc1nc2ccccc2n1CC(=O)Nc1cccc(SC)c1. The van der Waals surface area contributed by atoms with Crippen molar-refractivity contribution in [2.45, 2.75) is 24.3 Å². The van der Waals surface area contributed by atoms with Gasteiger partial charge in [0.25, 0.3) is 0 Å². The highest BCUT2D eigenvalue weighted by Gasteiger charge is 2.14. The third-order valence-corrected chi connectivity index (χ3v) is 5.29. The van der Waals surface area contributed by atoms with Crippen LogP contribution in [-0.2, 0) is 27.3 Å². The molecule has 0 atom stereocenters. The van der Waals surface area contributed by atoms with Crippen LogP contribution in [0.3, 0.4) is 0 Å². The lowest BCUT2D eigenvalue weighted by molar-refractivity contribution is -0.124. The predicted molar refractivity (Wildman–Crippen MR) is 120 cm³/mol. The summed E-state index contributed by atoms with van der Waals surface area (Å²) < 4.78 is 6.76. The number of aryl methyl sites for hydroxylation is 1. The number of nitrogens with one attached hydrogen (secondary N) is 2. The lowest BCUT2D eigenvalue weighted by atomic mass is 10.3. The number of carbonyl (C=O) groups is 2. The summed E-state index contributed by atoms with van der Waals surface area (Å²) in [7, 11) is 1.49. The van der Waals surface area contributed by atoms with Gasteiger partial charge in [0.2, 0.25) is 11.8 Å². The van der Waals surface area contributed by atoms with Crippen molar-refractivity contribution in [2.75, 3.05) is 31.8 Å². The first-order chi connectivity index (χ1) is 14.6. The second-order valence-corrected chi connectivity index (χ2v) is 7.65. The van der Waals surface area contributed by atoms with Crippen molar-refractivity contribution >= 4 is 40.3 Å². The van der Waals surface area contributed by atoms with E-state index in [1.165, 1.54) is 7.11 Å². The van der Waals surface area contributed by atoms with Crippen LogP contribution in [-0.4, -0.2) is 47.9 Å². The highest BCUT2D eigenvalue weighted by atomic mass is 32.2. The molecule has 7 nitrogen and oxygen atoms in total. The molecule has 2 amide bonds. The smallest absolute Gasteiger partial charge is 0.245 e. The minimum absolute atomic E-state index is 0.0520. The quantitative estimate of drug-likeness (QED) is 0.384. The Morgan fingerprint density at radius 2 is 1.97 bits per heavy atom. The fraction of sp³-hybridized carbons (Fsp3) is 0.318. The van der Waals surface area contributed by atoms with Crippen LogP contribution in [0, 0.1) is 0 Å². The van der Waals surface area contributed by atoms with Crippen LogP contribution >= 0.6 is 11.8 Å². The average molecular weight is 427 g/mol. The summed E-state index contributed by atoms with van der Waals surface area (Å²) >= 11 is 1.63. The van der Waals surface area contributed by atoms with Gasteiger partial charge in [0, 0.05) is 30.7 Å². The monoisotopic (exact) mass is 426 g/mol. The molecule has 0 saturated heterocycles. The summed E-state index contributed by atoms with van der Waals surface area (Å²) in [6.45, 7) is 0.755. The molecular weight excluding hydrogens is 400 g/mol. The van der Waals surface area contributed by atoms with Crippen LogP contribution in [0.5, 0.6) is 0 Å². The van der Waals surface area contributed by atoms with Crippen molar-refractivity contribution in [3.63, 3.8) is 0 Å². The molecule has 3 aromatic rings.